The van der Waals surface area contributed by atoms with E-state index in [1.165, 1.54) is 16.7 Å². The summed E-state index contributed by atoms with van der Waals surface area (Å²) in [6.45, 7) is 9.72. The second-order valence-corrected chi connectivity index (χ2v) is 19.5. The predicted molar refractivity (Wildman–Crippen MR) is 306 cm³/mol. The number of fused-ring (bicyclic) bond motifs is 3. The number of para-hydroxylation sites is 3. The SMILES string of the molecule is Cc1cccc(-c2[c-]cccc2)c1.Cc1cccc(-c2ccccc2)c1O.Cc1cccc(-c2ccccc2O)c1.Cc1cccc(C2=CC=[C+]C=C2)c1[O-].Cc1cccc2c1S(=O)(=O)c1ccccc1-2.O.O=[S-](=O)[O-].[H+].[Na+].[Na+].[Na+].[Na+].[OH-]. The average Bonchev–Trinajstić information content (AvgIpc) is 3.66. The van der Waals surface area contributed by atoms with Gasteiger partial charge in [-0.1, -0.05) is 198 Å². The fourth-order valence-corrected chi connectivity index (χ4v) is 10.0. The molecule has 11 rings (SSSR count). The Morgan fingerprint density at radius 1 is 0.531 bits per heavy atom. The minimum atomic E-state index is -3.30. The van der Waals surface area contributed by atoms with E-state index in [4.69, 9.17) is 13.0 Å². The van der Waals surface area contributed by atoms with Gasteiger partial charge in [0.05, 0.1) is 27.5 Å². The fraction of sp³-hybridized carbons (Fsp3) is 0.0769. The van der Waals surface area contributed by atoms with Gasteiger partial charge in [0.25, 0.3) is 0 Å². The fourth-order valence-electron chi connectivity index (χ4n) is 8.13. The van der Waals surface area contributed by atoms with Gasteiger partial charge in [0.1, 0.15) is 23.7 Å². The number of aromatic hydroxyl groups is 2. The Morgan fingerprint density at radius 3 is 1.59 bits per heavy atom. The van der Waals surface area contributed by atoms with E-state index in [0.717, 1.165) is 66.8 Å². The van der Waals surface area contributed by atoms with Gasteiger partial charge in [-0.25, -0.2) is 8.42 Å². The molecule has 1 aliphatic carbocycles. The number of aryl methyl sites for hydroxylation is 5. The van der Waals surface area contributed by atoms with Crippen LogP contribution in [-0.4, -0.2) is 34.1 Å². The van der Waals surface area contributed by atoms with Gasteiger partial charge in [-0.3, -0.25) is 0 Å². The molecule has 9 aromatic carbocycles. The van der Waals surface area contributed by atoms with Crippen LogP contribution >= 0.6 is 0 Å². The monoisotopic (exact) mass is 1160 g/mol. The zero-order valence-electron chi connectivity index (χ0n) is 48.0. The number of sulfone groups is 1. The molecule has 81 heavy (non-hydrogen) atoms. The van der Waals surface area contributed by atoms with Gasteiger partial charge in [0.2, 0.25) is 9.84 Å². The molecule has 0 bridgehead atoms. The molecule has 1 heterocycles. The van der Waals surface area contributed by atoms with Crippen molar-refractivity contribution in [3.63, 3.8) is 0 Å². The van der Waals surface area contributed by atoms with Crippen LogP contribution in [0.15, 0.2) is 240 Å². The van der Waals surface area contributed by atoms with Crippen LogP contribution in [0.3, 0.4) is 0 Å². The molecule has 5 N–H and O–H groups in total. The molecule has 394 valence electrons. The number of allylic oxidation sites excluding steroid dienone is 6. The van der Waals surface area contributed by atoms with Gasteiger partial charge >= 0.3 is 120 Å². The summed E-state index contributed by atoms with van der Waals surface area (Å²) in [4.78, 5) is 0.899. The zero-order chi connectivity index (χ0) is 53.9. The quantitative estimate of drug-likeness (QED) is 0.0865. The van der Waals surface area contributed by atoms with Crippen LogP contribution in [0.5, 0.6) is 17.2 Å². The van der Waals surface area contributed by atoms with Gasteiger partial charge in [-0.15, -0.1) is 35.9 Å². The Balaban J connectivity index is 0. The van der Waals surface area contributed by atoms with Crippen LogP contribution in [0.25, 0.3) is 50.1 Å². The first-order chi connectivity index (χ1) is 36.1. The van der Waals surface area contributed by atoms with Crippen LogP contribution in [0, 0.1) is 46.8 Å². The molecule has 2 aliphatic rings. The van der Waals surface area contributed by atoms with Gasteiger partial charge < -0.3 is 39.2 Å². The molecule has 16 heteroatoms. The first kappa shape index (κ1) is 76.3. The molecule has 10 nitrogen and oxygen atoms in total. The number of benzene rings is 9. The number of phenols is 2. The minimum Gasteiger partial charge on any atom is -0.917 e. The Hall–Kier alpha value is -4.71. The van der Waals surface area contributed by atoms with Gasteiger partial charge in [0, 0.05) is 33.9 Å². The zero-order valence-corrected chi connectivity index (χ0v) is 56.7. The van der Waals surface area contributed by atoms with Crippen LogP contribution in [-0.2, 0) is 29.2 Å². The summed E-state index contributed by atoms with van der Waals surface area (Å²) in [6, 6.07) is 69.2. The maximum Gasteiger partial charge on any atom is 1.00 e. The van der Waals surface area contributed by atoms with Crippen molar-refractivity contribution in [2.75, 3.05) is 0 Å². The van der Waals surface area contributed by atoms with E-state index in [-0.39, 0.29) is 136 Å². The third-order valence-corrected chi connectivity index (χ3v) is 13.8. The minimum absolute atomic E-state index is 0. The summed E-state index contributed by atoms with van der Waals surface area (Å²) >= 11 is 0. The topological polar surface area (TPSA) is 216 Å². The molecule has 0 atom stereocenters. The summed E-state index contributed by atoms with van der Waals surface area (Å²) in [5, 5.41) is 31.3. The van der Waals surface area contributed by atoms with Crippen LogP contribution in [0.1, 0.15) is 34.8 Å². The molecule has 0 radical (unpaired) electrons. The Labute approximate surface area is 569 Å². The summed E-state index contributed by atoms with van der Waals surface area (Å²) in [7, 11) is -6.41. The molecular formula is C65H59Na4O10S2+. The van der Waals surface area contributed by atoms with Crippen molar-refractivity contribution in [3.8, 4) is 61.8 Å². The molecule has 0 spiro atoms. The van der Waals surface area contributed by atoms with Crippen LogP contribution < -0.4 is 123 Å². The van der Waals surface area contributed by atoms with E-state index in [9.17, 15) is 23.7 Å². The van der Waals surface area contributed by atoms with Crippen molar-refractivity contribution in [1.29, 1.82) is 0 Å². The standard InChI is InChI=1S/C13H10O2S.2C13H12O.C13H10O.C13H11.4Na.O3S.2H2O/c1-9-5-4-7-11-10-6-2-3-8-12(10)16(14,15)13(9)11;1-10-5-4-6-11(9-10)12-7-2-3-8-13(12)14;2*1-10-6-5-9-12(13(10)14)11-7-3-2-4-8-11;1-11-6-5-9-13(10-11)12-7-3-2-4-8-12;;;;;1-4(2)3;;/h2-8H,1H3;2*2-9,14H,1H3;3-9H,1H3;2-7,9-10H,1H3;;;;;;2*1H2/q;;;;-1;4*+1;-2;;. The predicted octanol–water partition coefficient (Wildman–Crippen LogP) is 1.94. The number of hydrogen-bond donors (Lipinski definition) is 2. The van der Waals surface area contributed by atoms with E-state index in [2.05, 4.69) is 55.5 Å². The van der Waals surface area contributed by atoms with Gasteiger partial charge in [-0.2, -0.15) is 11.0 Å². The maximum atomic E-state index is 12.3. The normalized spacial score (nSPS) is 10.9. The number of phenolic OH excluding ortho intramolecular Hbond substituents is 2. The van der Waals surface area contributed by atoms with E-state index in [1.54, 1.807) is 18.2 Å². The summed E-state index contributed by atoms with van der Waals surface area (Å²) in [5.74, 6) is 0.815. The van der Waals surface area contributed by atoms with Crippen molar-refractivity contribution in [3.05, 3.63) is 276 Å². The molecule has 0 saturated heterocycles. The first-order valence-electron chi connectivity index (χ1n) is 23.7. The third kappa shape index (κ3) is 22.1. The smallest absolute Gasteiger partial charge is 0.917 e. The molecule has 0 fully saturated rings. The van der Waals surface area contributed by atoms with E-state index < -0.39 is 20.8 Å². The van der Waals surface area contributed by atoms with Crippen molar-refractivity contribution >= 4 is 26.4 Å². The second-order valence-electron chi connectivity index (χ2n) is 17.3. The number of hydrogen-bond acceptors (Lipinski definition) is 10. The third-order valence-electron chi connectivity index (χ3n) is 11.8. The molecule has 0 saturated carbocycles. The summed E-state index contributed by atoms with van der Waals surface area (Å²) < 4.78 is 49.9. The Morgan fingerprint density at radius 2 is 1.01 bits per heavy atom. The number of rotatable bonds is 4. The summed E-state index contributed by atoms with van der Waals surface area (Å²) in [5.41, 5.74) is 14.6. The molecule has 0 aromatic heterocycles. The summed E-state index contributed by atoms with van der Waals surface area (Å²) in [6.07, 6.45) is 10.4. The van der Waals surface area contributed by atoms with Gasteiger partial charge in [-0.05, 0) is 69.0 Å². The van der Waals surface area contributed by atoms with Gasteiger partial charge in [0.15, 0.2) is 0 Å². The average molecular weight is 1160 g/mol. The van der Waals surface area contributed by atoms with Crippen molar-refractivity contribution in [2.24, 2.45) is 0 Å². The largest absolute Gasteiger partial charge is 1.00 e. The molecule has 1 aliphatic heterocycles. The van der Waals surface area contributed by atoms with Crippen molar-refractivity contribution < 1.29 is 167 Å². The van der Waals surface area contributed by atoms with E-state index >= 15 is 0 Å². The molecule has 0 unspecified atom stereocenters. The van der Waals surface area contributed by atoms with Crippen LogP contribution in [0.2, 0.25) is 0 Å². The molecule has 9 aromatic rings. The van der Waals surface area contributed by atoms with E-state index in [0.29, 0.717) is 21.3 Å². The Bertz CT molecular complexity index is 3680. The van der Waals surface area contributed by atoms with Crippen LogP contribution in [0.4, 0.5) is 0 Å². The first-order valence-corrected chi connectivity index (χ1v) is 26.2. The van der Waals surface area contributed by atoms with Crippen molar-refractivity contribution in [2.45, 2.75) is 44.4 Å². The molecule has 0 amide bonds. The molecular weight excluding hydrogens is 1100 g/mol. The van der Waals surface area contributed by atoms with E-state index in [1.807, 2.05) is 204 Å². The van der Waals surface area contributed by atoms with Crippen molar-refractivity contribution in [1.82, 2.24) is 0 Å². The second kappa shape index (κ2) is 38.2. The Kier molecular flexibility index (Phi) is 36.0. The maximum absolute atomic E-state index is 12.3.